The molecule has 1 N–H and O–H groups in total. The van der Waals surface area contributed by atoms with Crippen molar-refractivity contribution in [1.29, 1.82) is 0 Å². The Labute approximate surface area is 115 Å². The second-order valence-corrected chi connectivity index (χ2v) is 4.82. The molecule has 2 aliphatic rings. The van der Waals surface area contributed by atoms with E-state index in [0.29, 0.717) is 12.0 Å². The van der Waals surface area contributed by atoms with Gasteiger partial charge in [-0.3, -0.25) is 14.9 Å². The summed E-state index contributed by atoms with van der Waals surface area (Å²) in [6.45, 7) is 0. The average Bonchev–Trinajstić information content (AvgIpc) is 2.41. The molecular weight excluding hydrogens is 257 g/mol. The molecule has 4 heteroatoms. The SMILES string of the molecule is O=C1CC2=CC(=Cc3ccc(F)cc3)CC=C2C(=O)N1. The number of imide groups is 1. The van der Waals surface area contributed by atoms with Crippen LogP contribution in [0.4, 0.5) is 4.39 Å². The first-order chi connectivity index (χ1) is 9.61. The normalized spacial score (nSPS) is 20.1. The smallest absolute Gasteiger partial charge is 0.257 e. The lowest BCUT2D eigenvalue weighted by Gasteiger charge is -2.21. The average molecular weight is 269 g/mol. The van der Waals surface area contributed by atoms with Crippen LogP contribution in [-0.4, -0.2) is 11.8 Å². The van der Waals surface area contributed by atoms with E-state index in [1.807, 2.05) is 18.2 Å². The summed E-state index contributed by atoms with van der Waals surface area (Å²) in [5.41, 5.74) is 3.22. The van der Waals surface area contributed by atoms with Crippen LogP contribution < -0.4 is 5.32 Å². The van der Waals surface area contributed by atoms with Crippen LogP contribution in [-0.2, 0) is 9.59 Å². The van der Waals surface area contributed by atoms with Crippen molar-refractivity contribution in [3.05, 3.63) is 64.5 Å². The lowest BCUT2D eigenvalue weighted by molar-refractivity contribution is -0.129. The summed E-state index contributed by atoms with van der Waals surface area (Å²) >= 11 is 0. The highest BCUT2D eigenvalue weighted by Gasteiger charge is 2.26. The van der Waals surface area contributed by atoms with Gasteiger partial charge in [-0.25, -0.2) is 4.39 Å². The number of carbonyl (C=O) groups is 2. The number of piperidine rings is 1. The van der Waals surface area contributed by atoms with Crippen LogP contribution in [0.25, 0.3) is 6.08 Å². The molecule has 0 unspecified atom stereocenters. The first-order valence-electron chi connectivity index (χ1n) is 6.33. The molecule has 1 aliphatic carbocycles. The lowest BCUT2D eigenvalue weighted by atomic mass is 9.88. The van der Waals surface area contributed by atoms with E-state index in [4.69, 9.17) is 0 Å². The van der Waals surface area contributed by atoms with E-state index in [1.165, 1.54) is 12.1 Å². The summed E-state index contributed by atoms with van der Waals surface area (Å²) in [7, 11) is 0. The number of halogens is 1. The van der Waals surface area contributed by atoms with Crippen LogP contribution in [0.3, 0.4) is 0 Å². The van der Waals surface area contributed by atoms with Crippen molar-refractivity contribution in [2.45, 2.75) is 12.8 Å². The van der Waals surface area contributed by atoms with Gasteiger partial charge in [0.15, 0.2) is 0 Å². The fourth-order valence-corrected chi connectivity index (χ4v) is 2.38. The van der Waals surface area contributed by atoms with Gasteiger partial charge in [0.1, 0.15) is 5.82 Å². The first-order valence-corrected chi connectivity index (χ1v) is 6.33. The Morgan fingerprint density at radius 2 is 1.90 bits per heavy atom. The van der Waals surface area contributed by atoms with Gasteiger partial charge in [0.05, 0.1) is 6.42 Å². The number of fused-ring (bicyclic) bond motifs is 1. The minimum Gasteiger partial charge on any atom is -0.292 e. The summed E-state index contributed by atoms with van der Waals surface area (Å²) in [5, 5.41) is 2.30. The van der Waals surface area contributed by atoms with Crippen LogP contribution in [0.5, 0.6) is 0 Å². The second-order valence-electron chi connectivity index (χ2n) is 4.82. The first kappa shape index (κ1) is 12.5. The largest absolute Gasteiger partial charge is 0.292 e. The van der Waals surface area contributed by atoms with Crippen LogP contribution in [0.15, 0.2) is 53.1 Å². The number of hydrogen-bond acceptors (Lipinski definition) is 2. The highest BCUT2D eigenvalue weighted by atomic mass is 19.1. The summed E-state index contributed by atoms with van der Waals surface area (Å²) in [6.07, 6.45) is 6.47. The van der Waals surface area contributed by atoms with Gasteiger partial charge in [-0.15, -0.1) is 0 Å². The quantitative estimate of drug-likeness (QED) is 0.796. The Kier molecular flexibility index (Phi) is 3.06. The molecule has 0 aromatic heterocycles. The Morgan fingerprint density at radius 3 is 2.65 bits per heavy atom. The van der Waals surface area contributed by atoms with E-state index in [9.17, 15) is 14.0 Å². The van der Waals surface area contributed by atoms with E-state index >= 15 is 0 Å². The zero-order chi connectivity index (χ0) is 14.1. The van der Waals surface area contributed by atoms with Gasteiger partial charge < -0.3 is 0 Å². The molecule has 1 aliphatic heterocycles. The lowest BCUT2D eigenvalue weighted by Crippen LogP contribution is -2.37. The minimum absolute atomic E-state index is 0.221. The minimum atomic E-state index is -0.326. The van der Waals surface area contributed by atoms with Crippen molar-refractivity contribution >= 4 is 17.9 Å². The van der Waals surface area contributed by atoms with E-state index in [-0.39, 0.29) is 24.1 Å². The molecule has 0 atom stereocenters. The fraction of sp³-hybridized carbons (Fsp3) is 0.125. The molecule has 0 saturated carbocycles. The maximum absolute atomic E-state index is 12.8. The fourth-order valence-electron chi connectivity index (χ4n) is 2.38. The Balaban J connectivity index is 1.90. The zero-order valence-electron chi connectivity index (χ0n) is 10.7. The van der Waals surface area contributed by atoms with E-state index in [2.05, 4.69) is 5.32 Å². The molecule has 0 spiro atoms. The number of benzene rings is 1. The van der Waals surface area contributed by atoms with Crippen LogP contribution in [0.1, 0.15) is 18.4 Å². The van der Waals surface area contributed by atoms with E-state index in [1.54, 1.807) is 12.1 Å². The highest BCUT2D eigenvalue weighted by molar-refractivity contribution is 6.12. The summed E-state index contributed by atoms with van der Waals surface area (Å²) in [6, 6.07) is 6.19. The third-order valence-electron chi connectivity index (χ3n) is 3.32. The Hall–Kier alpha value is -2.49. The maximum atomic E-state index is 12.8. The second kappa shape index (κ2) is 4.89. The molecule has 1 heterocycles. The van der Waals surface area contributed by atoms with E-state index < -0.39 is 0 Å². The van der Waals surface area contributed by atoms with Crippen LogP contribution >= 0.6 is 0 Å². The molecule has 100 valence electrons. The van der Waals surface area contributed by atoms with Gasteiger partial charge in [-0.1, -0.05) is 30.4 Å². The van der Waals surface area contributed by atoms with Crippen molar-refractivity contribution < 1.29 is 14.0 Å². The van der Waals surface area contributed by atoms with Crippen molar-refractivity contribution in [2.75, 3.05) is 0 Å². The third-order valence-corrected chi connectivity index (χ3v) is 3.32. The van der Waals surface area contributed by atoms with Crippen molar-refractivity contribution in [3.63, 3.8) is 0 Å². The van der Waals surface area contributed by atoms with Gasteiger partial charge in [0.25, 0.3) is 5.91 Å². The standard InChI is InChI=1S/C16H12FNO2/c17-13-4-1-10(2-5-13)7-11-3-6-14-12(8-11)9-15(19)18-16(14)20/h1-2,4-8H,3,9H2,(H,18,19,20). The topological polar surface area (TPSA) is 46.2 Å². The van der Waals surface area contributed by atoms with Crippen molar-refractivity contribution in [2.24, 2.45) is 0 Å². The molecule has 0 radical (unpaired) electrons. The van der Waals surface area contributed by atoms with Gasteiger partial charge in [-0.05, 0) is 35.3 Å². The van der Waals surface area contributed by atoms with Gasteiger partial charge in [-0.2, -0.15) is 0 Å². The number of nitrogens with one attached hydrogen (secondary N) is 1. The van der Waals surface area contributed by atoms with Crippen LogP contribution in [0.2, 0.25) is 0 Å². The summed E-state index contributed by atoms with van der Waals surface area (Å²) in [5.74, 6) is -0.874. The molecule has 2 amide bonds. The summed E-state index contributed by atoms with van der Waals surface area (Å²) < 4.78 is 12.8. The molecule has 3 rings (SSSR count). The number of rotatable bonds is 1. The monoisotopic (exact) mass is 269 g/mol. The zero-order valence-corrected chi connectivity index (χ0v) is 10.7. The Morgan fingerprint density at radius 1 is 1.15 bits per heavy atom. The third kappa shape index (κ3) is 2.45. The molecule has 1 fully saturated rings. The molecule has 0 bridgehead atoms. The highest BCUT2D eigenvalue weighted by Crippen LogP contribution is 2.28. The molecule has 1 aromatic carbocycles. The predicted molar refractivity (Wildman–Crippen MR) is 72.9 cm³/mol. The number of allylic oxidation sites excluding steroid dienone is 3. The van der Waals surface area contributed by atoms with Crippen molar-refractivity contribution in [3.8, 4) is 0 Å². The molecular formula is C16H12FNO2. The predicted octanol–water partition coefficient (Wildman–Crippen LogP) is 2.51. The van der Waals surface area contributed by atoms with Crippen molar-refractivity contribution in [1.82, 2.24) is 5.32 Å². The van der Waals surface area contributed by atoms with Gasteiger partial charge in [0, 0.05) is 5.57 Å². The van der Waals surface area contributed by atoms with Gasteiger partial charge >= 0.3 is 0 Å². The molecule has 1 aromatic rings. The number of amides is 2. The Bertz CT molecular complexity index is 681. The molecule has 20 heavy (non-hydrogen) atoms. The van der Waals surface area contributed by atoms with E-state index in [0.717, 1.165) is 16.7 Å². The summed E-state index contributed by atoms with van der Waals surface area (Å²) in [4.78, 5) is 23.0. The molecule has 3 nitrogen and oxygen atoms in total. The maximum Gasteiger partial charge on any atom is 0.257 e. The number of carbonyl (C=O) groups excluding carboxylic acids is 2. The van der Waals surface area contributed by atoms with Crippen LogP contribution in [0, 0.1) is 5.82 Å². The molecule has 1 saturated heterocycles. The number of hydrogen-bond donors (Lipinski definition) is 1. The van der Waals surface area contributed by atoms with Gasteiger partial charge in [0.2, 0.25) is 5.91 Å².